The number of benzene rings is 2. The molecule has 2 aromatic carbocycles. The Hall–Kier alpha value is -2.91. The predicted octanol–water partition coefficient (Wildman–Crippen LogP) is 4.40. The van der Waals surface area contributed by atoms with Crippen LogP contribution in [-0.4, -0.2) is 26.0 Å². The number of hydrogen-bond acceptors (Lipinski definition) is 6. The number of nitrogens with zero attached hydrogens (tertiary/aromatic N) is 1. The van der Waals surface area contributed by atoms with Gasteiger partial charge in [0.1, 0.15) is 17.3 Å². The average Bonchev–Trinajstić information content (AvgIpc) is 2.73. The number of hydrogen-bond donors (Lipinski definition) is 1. The summed E-state index contributed by atoms with van der Waals surface area (Å²) in [7, 11) is -3.90. The van der Waals surface area contributed by atoms with Crippen molar-refractivity contribution < 1.29 is 22.7 Å². The van der Waals surface area contributed by atoms with E-state index in [2.05, 4.69) is 25.6 Å². The number of halogens is 1. The fraction of sp³-hybridized carbons (Fsp3) is 0.143. The maximum absolute atomic E-state index is 12.8. The van der Waals surface area contributed by atoms with Crippen LogP contribution in [0, 0.1) is 0 Å². The molecule has 0 radical (unpaired) electrons. The minimum absolute atomic E-state index is 0.00430. The molecule has 0 saturated carbocycles. The molecule has 30 heavy (non-hydrogen) atoms. The number of aromatic nitrogens is 1. The number of carbonyl (C=O) groups excluding carboxylic acids is 1. The predicted molar refractivity (Wildman–Crippen MR) is 116 cm³/mol. The van der Waals surface area contributed by atoms with Gasteiger partial charge in [-0.1, -0.05) is 12.1 Å². The van der Waals surface area contributed by atoms with E-state index in [1.807, 2.05) is 18.2 Å². The second kappa shape index (κ2) is 9.73. The fourth-order valence-corrected chi connectivity index (χ4v) is 4.69. The Morgan fingerprint density at radius 2 is 1.93 bits per heavy atom. The Balaban J connectivity index is 1.74. The van der Waals surface area contributed by atoms with Gasteiger partial charge in [-0.2, -0.15) is 0 Å². The number of carbonyl (C=O) groups is 1. The minimum atomic E-state index is -3.90. The highest BCUT2D eigenvalue weighted by atomic mass is 79.9. The van der Waals surface area contributed by atoms with Crippen molar-refractivity contribution in [2.75, 3.05) is 11.3 Å². The first kappa shape index (κ1) is 21.8. The maximum Gasteiger partial charge on any atom is 0.338 e. The van der Waals surface area contributed by atoms with Gasteiger partial charge in [-0.25, -0.2) is 13.2 Å². The molecule has 7 nitrogen and oxygen atoms in total. The van der Waals surface area contributed by atoms with Gasteiger partial charge in [0.15, 0.2) is 0 Å². The second-order valence-corrected chi connectivity index (χ2v) is 8.61. The Bertz CT molecular complexity index is 1140. The van der Waals surface area contributed by atoms with Gasteiger partial charge in [0, 0.05) is 16.7 Å². The molecule has 3 aromatic rings. The molecule has 0 amide bonds. The van der Waals surface area contributed by atoms with Gasteiger partial charge in [0.25, 0.3) is 10.0 Å². The second-order valence-electron chi connectivity index (χ2n) is 6.11. The first-order valence-electron chi connectivity index (χ1n) is 9.01. The van der Waals surface area contributed by atoms with Crippen LogP contribution in [-0.2, 0) is 21.4 Å². The van der Waals surface area contributed by atoms with E-state index in [4.69, 9.17) is 9.47 Å². The molecule has 0 bridgehead atoms. The summed E-state index contributed by atoms with van der Waals surface area (Å²) >= 11 is 3.22. The van der Waals surface area contributed by atoms with Gasteiger partial charge in [0.2, 0.25) is 0 Å². The van der Waals surface area contributed by atoms with Crippen LogP contribution in [0.1, 0.15) is 23.0 Å². The molecule has 0 aliphatic carbocycles. The third-order valence-corrected chi connectivity index (χ3v) is 6.29. The van der Waals surface area contributed by atoms with Crippen LogP contribution in [0.5, 0.6) is 5.75 Å². The van der Waals surface area contributed by atoms with Crippen LogP contribution < -0.4 is 9.46 Å². The van der Waals surface area contributed by atoms with Crippen LogP contribution in [0.2, 0.25) is 0 Å². The van der Waals surface area contributed by atoms with Gasteiger partial charge in [-0.15, -0.1) is 0 Å². The van der Waals surface area contributed by atoms with Gasteiger partial charge in [-0.3, -0.25) is 9.71 Å². The van der Waals surface area contributed by atoms with Gasteiger partial charge < -0.3 is 9.47 Å². The van der Waals surface area contributed by atoms with Crippen molar-refractivity contribution in [2.45, 2.75) is 18.4 Å². The largest absolute Gasteiger partial charge is 0.487 e. The van der Waals surface area contributed by atoms with E-state index in [0.717, 1.165) is 5.69 Å². The van der Waals surface area contributed by atoms with Crippen molar-refractivity contribution in [2.24, 2.45) is 0 Å². The summed E-state index contributed by atoms with van der Waals surface area (Å²) in [5.74, 6) is -0.0227. The summed E-state index contributed by atoms with van der Waals surface area (Å²) in [5, 5.41) is 0. The third-order valence-electron chi connectivity index (χ3n) is 3.93. The van der Waals surface area contributed by atoms with Gasteiger partial charge >= 0.3 is 5.97 Å². The van der Waals surface area contributed by atoms with E-state index in [0.29, 0.717) is 11.4 Å². The smallest absolute Gasteiger partial charge is 0.338 e. The lowest BCUT2D eigenvalue weighted by Gasteiger charge is -2.12. The molecular weight excluding hydrogens is 472 g/mol. The lowest BCUT2D eigenvalue weighted by Crippen LogP contribution is -2.14. The topological polar surface area (TPSA) is 94.6 Å². The first-order valence-corrected chi connectivity index (χ1v) is 11.3. The van der Waals surface area contributed by atoms with Crippen molar-refractivity contribution in [1.82, 2.24) is 4.98 Å². The van der Waals surface area contributed by atoms with Gasteiger partial charge in [0.05, 0.1) is 23.6 Å². The summed E-state index contributed by atoms with van der Waals surface area (Å²) in [6, 6.07) is 16.3. The highest BCUT2D eigenvalue weighted by molar-refractivity contribution is 9.10. The maximum atomic E-state index is 12.8. The summed E-state index contributed by atoms with van der Waals surface area (Å²) < 4.78 is 39.0. The Morgan fingerprint density at radius 1 is 1.10 bits per heavy atom. The van der Waals surface area contributed by atoms with Crippen molar-refractivity contribution in [3.8, 4) is 5.75 Å². The fourth-order valence-electron chi connectivity index (χ4n) is 2.56. The summed E-state index contributed by atoms with van der Waals surface area (Å²) in [5.41, 5.74) is 1.36. The highest BCUT2D eigenvalue weighted by Crippen LogP contribution is 2.27. The van der Waals surface area contributed by atoms with Crippen molar-refractivity contribution in [3.63, 3.8) is 0 Å². The Labute approximate surface area is 183 Å². The summed E-state index contributed by atoms with van der Waals surface area (Å²) in [6.45, 7) is 2.19. The SMILES string of the molecule is CCOC(=O)c1ccc(S(=O)(=O)Nc2cccc(OCc3ccccn3)c2)c(Br)c1. The zero-order valence-electron chi connectivity index (χ0n) is 16.0. The molecule has 0 spiro atoms. The van der Waals surface area contributed by atoms with Crippen molar-refractivity contribution in [1.29, 1.82) is 0 Å². The van der Waals surface area contributed by atoms with Crippen LogP contribution in [0.15, 0.2) is 76.2 Å². The zero-order valence-corrected chi connectivity index (χ0v) is 18.4. The number of rotatable bonds is 8. The summed E-state index contributed by atoms with van der Waals surface area (Å²) in [6.07, 6.45) is 1.67. The van der Waals surface area contributed by atoms with E-state index in [1.165, 1.54) is 18.2 Å². The van der Waals surface area contributed by atoms with E-state index in [-0.39, 0.29) is 28.1 Å². The molecule has 3 rings (SSSR count). The molecule has 0 saturated heterocycles. The number of esters is 1. The monoisotopic (exact) mass is 490 g/mol. The van der Waals surface area contributed by atoms with Gasteiger partial charge in [-0.05, 0) is 65.3 Å². The van der Waals surface area contributed by atoms with Crippen LogP contribution >= 0.6 is 15.9 Å². The molecule has 9 heteroatoms. The van der Waals surface area contributed by atoms with Crippen molar-refractivity contribution >= 4 is 37.6 Å². The number of nitrogens with one attached hydrogen (secondary N) is 1. The zero-order chi connectivity index (χ0) is 21.6. The third kappa shape index (κ3) is 5.58. The molecule has 1 heterocycles. The van der Waals surface area contributed by atoms with Crippen LogP contribution in [0.3, 0.4) is 0 Å². The lowest BCUT2D eigenvalue weighted by atomic mass is 10.2. The molecule has 0 aliphatic rings. The summed E-state index contributed by atoms with van der Waals surface area (Å²) in [4.78, 5) is 16.0. The molecule has 0 fully saturated rings. The van der Waals surface area contributed by atoms with E-state index in [1.54, 1.807) is 37.4 Å². The molecular formula is C21H19BrN2O5S. The highest BCUT2D eigenvalue weighted by Gasteiger charge is 2.20. The average molecular weight is 491 g/mol. The Morgan fingerprint density at radius 3 is 2.63 bits per heavy atom. The van der Waals surface area contributed by atoms with E-state index < -0.39 is 16.0 Å². The molecule has 156 valence electrons. The number of anilines is 1. The molecule has 0 unspecified atom stereocenters. The quantitative estimate of drug-likeness (QED) is 0.470. The lowest BCUT2D eigenvalue weighted by molar-refractivity contribution is 0.0526. The number of sulfonamides is 1. The van der Waals surface area contributed by atoms with Crippen molar-refractivity contribution in [3.05, 3.63) is 82.6 Å². The number of pyridine rings is 1. The molecule has 0 atom stereocenters. The van der Waals surface area contributed by atoms with Crippen LogP contribution in [0.25, 0.3) is 0 Å². The number of ether oxygens (including phenoxy) is 2. The first-order chi connectivity index (χ1) is 14.4. The van der Waals surface area contributed by atoms with E-state index >= 15 is 0 Å². The molecule has 1 N–H and O–H groups in total. The normalized spacial score (nSPS) is 11.0. The standard InChI is InChI=1S/C21H19BrN2O5S/c1-2-28-21(25)15-9-10-20(19(22)12-15)30(26,27)24-16-7-5-8-18(13-16)29-14-17-6-3-4-11-23-17/h3-13,24H,2,14H2,1H3. The Kier molecular flexibility index (Phi) is 7.07. The van der Waals surface area contributed by atoms with E-state index in [9.17, 15) is 13.2 Å². The molecule has 1 aromatic heterocycles. The minimum Gasteiger partial charge on any atom is -0.487 e. The molecule has 0 aliphatic heterocycles. The van der Waals surface area contributed by atoms with Crippen LogP contribution in [0.4, 0.5) is 5.69 Å².